The number of methoxy groups -OCH3 is 1. The summed E-state index contributed by atoms with van der Waals surface area (Å²) in [6, 6.07) is 1.28. The molecule has 1 aromatic heterocycles. The summed E-state index contributed by atoms with van der Waals surface area (Å²) >= 11 is 1.62. The van der Waals surface area contributed by atoms with Crippen LogP contribution < -0.4 is 10.1 Å². The Bertz CT molecular complexity index is 590. The van der Waals surface area contributed by atoms with Gasteiger partial charge >= 0.3 is 0 Å². The second-order valence-corrected chi connectivity index (χ2v) is 6.87. The number of pyridine rings is 1. The number of carbonyl (C=O) groups excluding carboxylic acids is 2. The third-order valence-corrected chi connectivity index (χ3v) is 5.44. The zero-order chi connectivity index (χ0) is 16.2. The maximum Gasteiger partial charge on any atom is 0.248 e. The first kappa shape index (κ1) is 16.1. The Morgan fingerprint density at radius 1 is 1.39 bits per heavy atom. The summed E-state index contributed by atoms with van der Waals surface area (Å²) in [5.74, 6) is 1.84. The Kier molecular flexibility index (Phi) is 5.05. The summed E-state index contributed by atoms with van der Waals surface area (Å²) in [5, 5.41) is 2.85. The highest BCUT2D eigenvalue weighted by molar-refractivity contribution is 7.99. The van der Waals surface area contributed by atoms with E-state index in [1.54, 1.807) is 42.2 Å². The predicted octanol–water partition coefficient (Wildman–Crippen LogP) is 2.12. The van der Waals surface area contributed by atoms with Gasteiger partial charge in [-0.1, -0.05) is 12.8 Å². The third-order valence-electron chi connectivity index (χ3n) is 4.43. The highest BCUT2D eigenvalue weighted by Crippen LogP contribution is 2.31. The molecule has 2 heterocycles. The number of nitrogens with zero attached hydrogens (tertiary/aromatic N) is 2. The molecule has 0 bridgehead atoms. The fourth-order valence-corrected chi connectivity index (χ4v) is 4.32. The van der Waals surface area contributed by atoms with Crippen molar-refractivity contribution in [1.29, 1.82) is 0 Å². The largest absolute Gasteiger partial charge is 0.494 e. The summed E-state index contributed by atoms with van der Waals surface area (Å²) in [6.07, 6.45) is 7.29. The molecular weight excluding hydrogens is 314 g/mol. The van der Waals surface area contributed by atoms with Crippen LogP contribution >= 0.6 is 11.8 Å². The molecule has 1 saturated carbocycles. The lowest BCUT2D eigenvalue weighted by molar-refractivity contribution is -0.139. The molecular formula is C16H21N3O3S. The number of amides is 2. The van der Waals surface area contributed by atoms with Crippen molar-refractivity contribution in [2.45, 2.75) is 31.7 Å². The molecule has 2 amide bonds. The molecule has 2 aliphatic rings. The van der Waals surface area contributed by atoms with Crippen LogP contribution in [0.15, 0.2) is 18.5 Å². The number of hydrogen-bond acceptors (Lipinski definition) is 5. The molecule has 6 nitrogen and oxygen atoms in total. The highest BCUT2D eigenvalue weighted by Gasteiger charge is 2.38. The van der Waals surface area contributed by atoms with Gasteiger partial charge in [0.25, 0.3) is 0 Å². The van der Waals surface area contributed by atoms with Crippen molar-refractivity contribution >= 4 is 29.3 Å². The minimum atomic E-state index is -0.419. The van der Waals surface area contributed by atoms with Crippen molar-refractivity contribution in [3.05, 3.63) is 18.5 Å². The molecule has 7 heteroatoms. The van der Waals surface area contributed by atoms with E-state index in [0.717, 1.165) is 25.7 Å². The lowest BCUT2D eigenvalue weighted by Crippen LogP contribution is -2.46. The number of hydrogen-bond donors (Lipinski definition) is 1. The number of rotatable bonds is 4. The van der Waals surface area contributed by atoms with Crippen LogP contribution in [0.1, 0.15) is 25.7 Å². The SMILES string of the molecule is COc1ccncc1NC(=O)C1CSCN1C(=O)C1CCCC1. The maximum absolute atomic E-state index is 12.6. The lowest BCUT2D eigenvalue weighted by Gasteiger charge is -2.26. The molecule has 1 atom stereocenters. The lowest BCUT2D eigenvalue weighted by atomic mass is 10.1. The molecule has 0 radical (unpaired) electrons. The second-order valence-electron chi connectivity index (χ2n) is 5.87. The molecule has 0 aromatic carbocycles. The molecule has 1 unspecified atom stereocenters. The van der Waals surface area contributed by atoms with E-state index < -0.39 is 6.04 Å². The molecule has 1 saturated heterocycles. The van der Waals surface area contributed by atoms with E-state index in [2.05, 4.69) is 10.3 Å². The Morgan fingerprint density at radius 2 is 2.17 bits per heavy atom. The van der Waals surface area contributed by atoms with Crippen molar-refractivity contribution in [3.63, 3.8) is 0 Å². The normalized spacial score (nSPS) is 21.4. The van der Waals surface area contributed by atoms with Gasteiger partial charge in [-0.15, -0.1) is 11.8 Å². The first-order chi connectivity index (χ1) is 11.2. The van der Waals surface area contributed by atoms with Crippen LogP contribution in [0.5, 0.6) is 5.75 Å². The van der Waals surface area contributed by atoms with Gasteiger partial charge in [0.05, 0.1) is 19.2 Å². The fraction of sp³-hybridized carbons (Fsp3) is 0.562. The van der Waals surface area contributed by atoms with Gasteiger partial charge in [-0.25, -0.2) is 0 Å². The van der Waals surface area contributed by atoms with E-state index in [1.807, 2.05) is 0 Å². The van der Waals surface area contributed by atoms with Gasteiger partial charge in [-0.3, -0.25) is 14.6 Å². The quantitative estimate of drug-likeness (QED) is 0.912. The molecule has 1 aliphatic heterocycles. The van der Waals surface area contributed by atoms with Crippen LogP contribution in [0.3, 0.4) is 0 Å². The summed E-state index contributed by atoms with van der Waals surface area (Å²) in [4.78, 5) is 31.0. The van der Waals surface area contributed by atoms with Crippen LogP contribution in [0, 0.1) is 5.92 Å². The van der Waals surface area contributed by atoms with Gasteiger partial charge in [-0.2, -0.15) is 0 Å². The van der Waals surface area contributed by atoms with Gasteiger partial charge in [0, 0.05) is 23.9 Å². The van der Waals surface area contributed by atoms with E-state index in [-0.39, 0.29) is 17.7 Å². The third kappa shape index (κ3) is 3.44. The standard InChI is InChI=1S/C16H21N3O3S/c1-22-14-6-7-17-8-12(14)18-15(20)13-9-23-10-19(13)16(21)11-4-2-3-5-11/h6-8,11,13H,2-5,9-10H2,1H3,(H,18,20). The van der Waals surface area contributed by atoms with Crippen molar-refractivity contribution < 1.29 is 14.3 Å². The molecule has 0 spiro atoms. The van der Waals surface area contributed by atoms with Crippen LogP contribution in [0.2, 0.25) is 0 Å². The second kappa shape index (κ2) is 7.21. The number of aromatic nitrogens is 1. The van der Waals surface area contributed by atoms with Crippen LogP contribution in [0.25, 0.3) is 0 Å². The Balaban J connectivity index is 1.69. The van der Waals surface area contributed by atoms with E-state index in [4.69, 9.17) is 4.74 Å². The highest BCUT2D eigenvalue weighted by atomic mass is 32.2. The minimum Gasteiger partial charge on any atom is -0.494 e. The summed E-state index contributed by atoms with van der Waals surface area (Å²) in [6.45, 7) is 0. The van der Waals surface area contributed by atoms with Crippen molar-refractivity contribution in [2.24, 2.45) is 5.92 Å². The smallest absolute Gasteiger partial charge is 0.248 e. The van der Waals surface area contributed by atoms with Gasteiger partial charge in [-0.05, 0) is 12.8 Å². The molecule has 1 N–H and O–H groups in total. The zero-order valence-corrected chi connectivity index (χ0v) is 14.0. The van der Waals surface area contributed by atoms with Gasteiger partial charge < -0.3 is 15.0 Å². The number of ether oxygens (including phenoxy) is 1. The van der Waals surface area contributed by atoms with Crippen LogP contribution in [0.4, 0.5) is 5.69 Å². The van der Waals surface area contributed by atoms with Crippen molar-refractivity contribution in [2.75, 3.05) is 24.1 Å². The molecule has 2 fully saturated rings. The molecule has 1 aromatic rings. The first-order valence-corrected chi connectivity index (χ1v) is 9.03. The van der Waals surface area contributed by atoms with Crippen molar-refractivity contribution in [1.82, 2.24) is 9.88 Å². The van der Waals surface area contributed by atoms with E-state index in [1.165, 1.54) is 0 Å². The number of carbonyl (C=O) groups is 2. The predicted molar refractivity (Wildman–Crippen MR) is 89.3 cm³/mol. The Morgan fingerprint density at radius 3 is 2.91 bits per heavy atom. The zero-order valence-electron chi connectivity index (χ0n) is 13.2. The first-order valence-electron chi connectivity index (χ1n) is 7.88. The van der Waals surface area contributed by atoms with E-state index in [0.29, 0.717) is 23.1 Å². The summed E-state index contributed by atoms with van der Waals surface area (Å²) in [7, 11) is 1.55. The Labute approximate surface area is 140 Å². The van der Waals surface area contributed by atoms with Gasteiger partial charge in [0.15, 0.2) is 0 Å². The average Bonchev–Trinajstić information content (AvgIpc) is 3.26. The van der Waals surface area contributed by atoms with Crippen LogP contribution in [-0.4, -0.2) is 46.5 Å². The van der Waals surface area contributed by atoms with Gasteiger partial charge in [0.1, 0.15) is 17.5 Å². The van der Waals surface area contributed by atoms with Gasteiger partial charge in [0.2, 0.25) is 11.8 Å². The molecule has 3 rings (SSSR count). The number of nitrogens with one attached hydrogen (secondary N) is 1. The summed E-state index contributed by atoms with van der Waals surface area (Å²) < 4.78 is 5.22. The number of thioether (sulfide) groups is 1. The van der Waals surface area contributed by atoms with E-state index >= 15 is 0 Å². The van der Waals surface area contributed by atoms with E-state index in [9.17, 15) is 9.59 Å². The average molecular weight is 335 g/mol. The van der Waals surface area contributed by atoms with Crippen molar-refractivity contribution in [3.8, 4) is 5.75 Å². The monoisotopic (exact) mass is 335 g/mol. The molecule has 1 aliphatic carbocycles. The fourth-order valence-electron chi connectivity index (χ4n) is 3.15. The number of anilines is 1. The van der Waals surface area contributed by atoms with Crippen LogP contribution in [-0.2, 0) is 9.59 Å². The Hall–Kier alpha value is -1.76. The minimum absolute atomic E-state index is 0.0944. The topological polar surface area (TPSA) is 71.5 Å². The molecule has 124 valence electrons. The summed E-state index contributed by atoms with van der Waals surface area (Å²) in [5.41, 5.74) is 0.533. The maximum atomic E-state index is 12.6. The molecule has 23 heavy (non-hydrogen) atoms.